The number of rotatable bonds is 6. The lowest BCUT2D eigenvalue weighted by atomic mass is 9.92. The Morgan fingerprint density at radius 1 is 1.33 bits per heavy atom. The van der Waals surface area contributed by atoms with Gasteiger partial charge < -0.3 is 5.11 Å². The summed E-state index contributed by atoms with van der Waals surface area (Å²) in [4.78, 5) is 11.2. The number of nitrogens with one attached hydrogen (secondary N) is 1. The number of benzene rings is 1. The van der Waals surface area contributed by atoms with E-state index in [1.807, 2.05) is 0 Å². The van der Waals surface area contributed by atoms with Gasteiger partial charge in [0.25, 0.3) is 0 Å². The molecule has 0 spiro atoms. The molecule has 0 amide bonds. The van der Waals surface area contributed by atoms with Crippen molar-refractivity contribution < 1.29 is 18.7 Å². The van der Waals surface area contributed by atoms with Crippen LogP contribution in [0.25, 0.3) is 0 Å². The molecule has 18 heavy (non-hydrogen) atoms. The second-order valence-electron chi connectivity index (χ2n) is 4.18. The maximum atomic E-state index is 13.4. The van der Waals surface area contributed by atoms with Crippen molar-refractivity contribution in [2.24, 2.45) is 0 Å². The number of hydrogen-bond acceptors (Lipinski definition) is 2. The lowest BCUT2D eigenvalue weighted by molar-refractivity contribution is -0.145. The van der Waals surface area contributed by atoms with E-state index in [-0.39, 0.29) is 12.1 Å². The third-order valence-electron chi connectivity index (χ3n) is 3.24. The van der Waals surface area contributed by atoms with Crippen LogP contribution in [0.4, 0.5) is 8.78 Å². The average Bonchev–Trinajstić information content (AvgIpc) is 2.35. The van der Waals surface area contributed by atoms with Crippen LogP contribution in [0.15, 0.2) is 18.2 Å². The molecule has 0 fully saturated rings. The van der Waals surface area contributed by atoms with Crippen LogP contribution in [-0.2, 0) is 11.3 Å². The summed E-state index contributed by atoms with van der Waals surface area (Å²) in [6, 6.07) is 3.13. The Kier molecular flexibility index (Phi) is 4.78. The standard InChI is InChI=1S/C13H17F2NO2/c1-3-13(4-2,12(17)18)16-8-9-7-10(14)5-6-11(9)15/h5-7,16H,3-4,8H2,1-2H3,(H,17,18). The molecule has 0 aliphatic heterocycles. The van der Waals surface area contributed by atoms with Gasteiger partial charge in [-0.2, -0.15) is 0 Å². The zero-order valence-electron chi connectivity index (χ0n) is 10.5. The minimum Gasteiger partial charge on any atom is -0.480 e. The molecule has 0 aliphatic rings. The quantitative estimate of drug-likeness (QED) is 0.823. The van der Waals surface area contributed by atoms with Gasteiger partial charge in [0.05, 0.1) is 0 Å². The minimum absolute atomic E-state index is 0.0163. The van der Waals surface area contributed by atoms with Crippen molar-refractivity contribution >= 4 is 5.97 Å². The van der Waals surface area contributed by atoms with Crippen LogP contribution in [0.2, 0.25) is 0 Å². The van der Waals surface area contributed by atoms with Crippen LogP contribution < -0.4 is 5.32 Å². The fourth-order valence-corrected chi connectivity index (χ4v) is 1.82. The molecule has 5 heteroatoms. The zero-order chi connectivity index (χ0) is 13.8. The van der Waals surface area contributed by atoms with E-state index in [0.717, 1.165) is 18.2 Å². The summed E-state index contributed by atoms with van der Waals surface area (Å²) in [5.74, 6) is -2.07. The van der Waals surface area contributed by atoms with Gasteiger partial charge in [-0.3, -0.25) is 10.1 Å². The van der Waals surface area contributed by atoms with Gasteiger partial charge in [0.1, 0.15) is 17.2 Å². The normalized spacial score (nSPS) is 11.6. The van der Waals surface area contributed by atoms with Crippen molar-refractivity contribution in [2.45, 2.75) is 38.8 Å². The van der Waals surface area contributed by atoms with Crippen LogP contribution in [-0.4, -0.2) is 16.6 Å². The molecule has 2 N–H and O–H groups in total. The molecule has 1 aromatic rings. The summed E-state index contributed by atoms with van der Waals surface area (Å²) in [5.41, 5.74) is -0.971. The van der Waals surface area contributed by atoms with E-state index < -0.39 is 23.1 Å². The summed E-state index contributed by atoms with van der Waals surface area (Å²) in [6.07, 6.45) is 0.742. The number of aliphatic carboxylic acids is 1. The maximum Gasteiger partial charge on any atom is 0.323 e. The van der Waals surface area contributed by atoms with Crippen LogP contribution in [0.3, 0.4) is 0 Å². The van der Waals surface area contributed by atoms with Crippen molar-refractivity contribution in [3.8, 4) is 0 Å². The summed E-state index contributed by atoms with van der Waals surface area (Å²) in [6.45, 7) is 3.47. The van der Waals surface area contributed by atoms with Gasteiger partial charge in [-0.15, -0.1) is 0 Å². The highest BCUT2D eigenvalue weighted by molar-refractivity contribution is 5.78. The fourth-order valence-electron chi connectivity index (χ4n) is 1.82. The van der Waals surface area contributed by atoms with E-state index in [9.17, 15) is 18.7 Å². The highest BCUT2D eigenvalue weighted by atomic mass is 19.1. The van der Waals surface area contributed by atoms with Crippen LogP contribution in [0, 0.1) is 11.6 Å². The Balaban J connectivity index is 2.85. The van der Waals surface area contributed by atoms with E-state index in [0.29, 0.717) is 12.8 Å². The summed E-state index contributed by atoms with van der Waals surface area (Å²) in [7, 11) is 0. The molecule has 0 unspecified atom stereocenters. The van der Waals surface area contributed by atoms with Crippen LogP contribution >= 0.6 is 0 Å². The van der Waals surface area contributed by atoms with Gasteiger partial charge in [0, 0.05) is 12.1 Å². The predicted octanol–water partition coefficient (Wildman–Crippen LogP) is 2.70. The molecule has 1 rings (SSSR count). The third kappa shape index (κ3) is 3.04. The van der Waals surface area contributed by atoms with Crippen LogP contribution in [0.5, 0.6) is 0 Å². The first-order chi connectivity index (χ1) is 8.45. The van der Waals surface area contributed by atoms with Gasteiger partial charge in [0.2, 0.25) is 0 Å². The van der Waals surface area contributed by atoms with E-state index in [2.05, 4.69) is 5.32 Å². The average molecular weight is 257 g/mol. The maximum absolute atomic E-state index is 13.4. The van der Waals surface area contributed by atoms with Crippen molar-refractivity contribution in [1.82, 2.24) is 5.32 Å². The van der Waals surface area contributed by atoms with Crippen molar-refractivity contribution in [1.29, 1.82) is 0 Å². The lowest BCUT2D eigenvalue weighted by Crippen LogP contribution is -2.50. The third-order valence-corrected chi connectivity index (χ3v) is 3.24. The zero-order valence-corrected chi connectivity index (χ0v) is 10.5. The molecule has 100 valence electrons. The number of carboxylic acid groups (broad SMARTS) is 1. The van der Waals surface area contributed by atoms with E-state index >= 15 is 0 Å². The first-order valence-electron chi connectivity index (χ1n) is 5.87. The topological polar surface area (TPSA) is 49.3 Å². The first-order valence-corrected chi connectivity index (χ1v) is 5.87. The Morgan fingerprint density at radius 3 is 2.44 bits per heavy atom. The predicted molar refractivity (Wildman–Crippen MR) is 64.1 cm³/mol. The Bertz CT molecular complexity index is 431. The Morgan fingerprint density at radius 2 is 1.94 bits per heavy atom. The van der Waals surface area contributed by atoms with Gasteiger partial charge in [-0.1, -0.05) is 13.8 Å². The number of carboxylic acids is 1. The number of hydrogen-bond donors (Lipinski definition) is 2. The largest absolute Gasteiger partial charge is 0.480 e. The van der Waals surface area contributed by atoms with Crippen LogP contribution in [0.1, 0.15) is 32.3 Å². The smallest absolute Gasteiger partial charge is 0.323 e. The first kappa shape index (κ1) is 14.6. The molecule has 0 bridgehead atoms. The van der Waals surface area contributed by atoms with Crippen molar-refractivity contribution in [2.75, 3.05) is 0 Å². The molecular formula is C13H17F2NO2. The van der Waals surface area contributed by atoms with E-state index in [4.69, 9.17) is 0 Å². The number of carbonyl (C=O) groups is 1. The summed E-state index contributed by atoms with van der Waals surface area (Å²) < 4.78 is 26.4. The molecule has 0 radical (unpaired) electrons. The highest BCUT2D eigenvalue weighted by Gasteiger charge is 2.34. The van der Waals surface area contributed by atoms with Crippen molar-refractivity contribution in [3.63, 3.8) is 0 Å². The second kappa shape index (κ2) is 5.91. The van der Waals surface area contributed by atoms with E-state index in [1.54, 1.807) is 13.8 Å². The van der Waals surface area contributed by atoms with Gasteiger partial charge >= 0.3 is 5.97 Å². The number of halogens is 2. The molecule has 3 nitrogen and oxygen atoms in total. The molecule has 0 saturated carbocycles. The Hall–Kier alpha value is -1.49. The molecule has 0 aromatic heterocycles. The van der Waals surface area contributed by atoms with E-state index in [1.165, 1.54) is 0 Å². The molecule has 0 heterocycles. The molecule has 0 saturated heterocycles. The molecule has 0 atom stereocenters. The van der Waals surface area contributed by atoms with Gasteiger partial charge in [-0.25, -0.2) is 8.78 Å². The SMILES string of the molecule is CCC(CC)(NCc1cc(F)ccc1F)C(=O)O. The summed E-state index contributed by atoms with van der Waals surface area (Å²) in [5, 5.41) is 12.0. The monoisotopic (exact) mass is 257 g/mol. The molecule has 0 aliphatic carbocycles. The fraction of sp³-hybridized carbons (Fsp3) is 0.462. The minimum atomic E-state index is -1.10. The second-order valence-corrected chi connectivity index (χ2v) is 4.18. The lowest BCUT2D eigenvalue weighted by Gasteiger charge is -2.28. The Labute approximate surface area is 105 Å². The van der Waals surface area contributed by atoms with Gasteiger partial charge in [0.15, 0.2) is 0 Å². The summed E-state index contributed by atoms with van der Waals surface area (Å²) >= 11 is 0. The molecular weight excluding hydrogens is 240 g/mol. The molecule has 1 aromatic carbocycles. The highest BCUT2D eigenvalue weighted by Crippen LogP contribution is 2.17. The van der Waals surface area contributed by atoms with Gasteiger partial charge in [-0.05, 0) is 31.0 Å². The van der Waals surface area contributed by atoms with Crippen molar-refractivity contribution in [3.05, 3.63) is 35.4 Å².